The van der Waals surface area contributed by atoms with Gasteiger partial charge in [0.15, 0.2) is 0 Å². The third-order valence-corrected chi connectivity index (χ3v) is 5.11. The zero-order valence-electron chi connectivity index (χ0n) is 16.0. The quantitative estimate of drug-likeness (QED) is 0.250. The molecule has 148 valence electrons. The number of hydrogen-bond acceptors (Lipinski definition) is 5. The molecule has 29 heavy (non-hydrogen) atoms. The van der Waals surface area contributed by atoms with Gasteiger partial charge in [-0.05, 0) is 38.1 Å². The van der Waals surface area contributed by atoms with Crippen molar-refractivity contribution in [1.82, 2.24) is 4.68 Å². The minimum absolute atomic E-state index is 0.0442. The summed E-state index contributed by atoms with van der Waals surface area (Å²) < 4.78 is 15.0. The second kappa shape index (κ2) is 8.74. The number of benzene rings is 2. The molecule has 1 heterocycles. The summed E-state index contributed by atoms with van der Waals surface area (Å²) in [4.78, 5) is 16.0. The van der Waals surface area contributed by atoms with E-state index in [0.29, 0.717) is 28.2 Å². The van der Waals surface area contributed by atoms with Crippen molar-refractivity contribution in [3.63, 3.8) is 0 Å². The molecular formula is C21H19FN4O2S. The summed E-state index contributed by atoms with van der Waals surface area (Å²) in [5.74, 6) is -0.321. The molecule has 0 saturated heterocycles. The third-order valence-electron chi connectivity index (χ3n) is 4.25. The predicted molar refractivity (Wildman–Crippen MR) is 114 cm³/mol. The maximum atomic E-state index is 13.3. The van der Waals surface area contributed by atoms with E-state index in [0.717, 1.165) is 11.3 Å². The number of nitro groups is 1. The second-order valence-electron chi connectivity index (χ2n) is 6.30. The Morgan fingerprint density at radius 3 is 2.69 bits per heavy atom. The van der Waals surface area contributed by atoms with Gasteiger partial charge in [0.1, 0.15) is 5.82 Å². The number of aromatic nitrogens is 1. The van der Waals surface area contributed by atoms with Gasteiger partial charge in [-0.3, -0.25) is 15.1 Å². The lowest BCUT2D eigenvalue weighted by Crippen LogP contribution is -2.14. The van der Waals surface area contributed by atoms with Crippen LogP contribution in [0.3, 0.4) is 0 Å². The lowest BCUT2D eigenvalue weighted by molar-refractivity contribution is -0.385. The summed E-state index contributed by atoms with van der Waals surface area (Å²) >= 11 is 1.40. The number of thiazole rings is 1. The van der Waals surface area contributed by atoms with E-state index >= 15 is 0 Å². The Hall–Kier alpha value is -3.39. The minimum Gasteiger partial charge on any atom is -0.258 e. The molecule has 0 amide bonds. The standard InChI is InChI=1S/C21H19FN4O2S/c1-4-11-23-21-25(20(13-29-21)16-7-9-18(22)10-8-16)24-15(3)17-6-5-14(2)19(12-17)26(27)28/h4-10,12-13H,1,11H2,2-3H3. The summed E-state index contributed by atoms with van der Waals surface area (Å²) in [5, 5.41) is 17.8. The molecule has 0 N–H and O–H groups in total. The van der Waals surface area contributed by atoms with E-state index in [1.807, 2.05) is 5.38 Å². The fraction of sp³-hybridized carbons (Fsp3) is 0.143. The molecule has 0 aliphatic heterocycles. The van der Waals surface area contributed by atoms with E-state index in [2.05, 4.69) is 16.7 Å². The lowest BCUT2D eigenvalue weighted by atomic mass is 10.1. The van der Waals surface area contributed by atoms with Crippen LogP contribution in [0, 0.1) is 22.9 Å². The van der Waals surface area contributed by atoms with E-state index < -0.39 is 4.92 Å². The first kappa shape index (κ1) is 20.3. The molecule has 0 unspecified atom stereocenters. The van der Waals surface area contributed by atoms with Gasteiger partial charge in [0.2, 0.25) is 4.80 Å². The number of rotatable bonds is 6. The monoisotopic (exact) mass is 410 g/mol. The molecular weight excluding hydrogens is 391 g/mol. The molecule has 6 nitrogen and oxygen atoms in total. The first-order valence-corrected chi connectivity index (χ1v) is 9.67. The highest BCUT2D eigenvalue weighted by atomic mass is 32.1. The minimum atomic E-state index is -0.404. The highest BCUT2D eigenvalue weighted by Gasteiger charge is 2.13. The van der Waals surface area contributed by atoms with Crippen molar-refractivity contribution in [2.45, 2.75) is 13.8 Å². The average molecular weight is 410 g/mol. The summed E-state index contributed by atoms with van der Waals surface area (Å²) in [6, 6.07) is 11.1. The van der Waals surface area contributed by atoms with Crippen LogP contribution in [-0.2, 0) is 0 Å². The number of hydrogen-bond donors (Lipinski definition) is 0. The Labute approximate surface area is 171 Å². The molecule has 1 aromatic heterocycles. The van der Waals surface area contributed by atoms with Gasteiger partial charge in [-0.25, -0.2) is 9.07 Å². The molecule has 0 atom stereocenters. The van der Waals surface area contributed by atoms with Crippen molar-refractivity contribution in [2.24, 2.45) is 10.1 Å². The van der Waals surface area contributed by atoms with Gasteiger partial charge in [0.05, 0.1) is 22.9 Å². The number of aryl methyl sites for hydroxylation is 1. The van der Waals surface area contributed by atoms with Crippen molar-refractivity contribution in [1.29, 1.82) is 0 Å². The molecule has 0 bridgehead atoms. The SMILES string of the molecule is C=CCN=c1scc(-c2ccc(F)cc2)n1N=C(C)c1ccc(C)c([N+](=O)[O-])c1. The van der Waals surface area contributed by atoms with Crippen LogP contribution in [0.25, 0.3) is 11.3 Å². The molecule has 0 spiro atoms. The van der Waals surface area contributed by atoms with Gasteiger partial charge in [0, 0.05) is 28.1 Å². The van der Waals surface area contributed by atoms with Crippen molar-refractivity contribution < 1.29 is 9.31 Å². The predicted octanol–water partition coefficient (Wildman–Crippen LogP) is 4.93. The second-order valence-corrected chi connectivity index (χ2v) is 7.13. The molecule has 0 saturated carbocycles. The Morgan fingerprint density at radius 2 is 2.03 bits per heavy atom. The Kier molecular flexibility index (Phi) is 6.13. The molecule has 3 rings (SSSR count). The van der Waals surface area contributed by atoms with Gasteiger partial charge in [-0.15, -0.1) is 17.9 Å². The van der Waals surface area contributed by atoms with Crippen LogP contribution in [-0.4, -0.2) is 21.9 Å². The summed E-state index contributed by atoms with van der Waals surface area (Å²) in [6.45, 7) is 7.59. The third kappa shape index (κ3) is 4.55. The molecule has 0 aliphatic carbocycles. The number of nitrogens with zero attached hydrogens (tertiary/aromatic N) is 4. The number of halogens is 1. The Bertz CT molecular complexity index is 1160. The van der Waals surface area contributed by atoms with Crippen LogP contribution >= 0.6 is 11.3 Å². The summed E-state index contributed by atoms with van der Waals surface area (Å²) in [5.41, 5.74) is 3.40. The summed E-state index contributed by atoms with van der Waals surface area (Å²) in [7, 11) is 0. The van der Waals surface area contributed by atoms with E-state index in [1.165, 1.54) is 29.5 Å². The van der Waals surface area contributed by atoms with E-state index in [4.69, 9.17) is 0 Å². The largest absolute Gasteiger partial charge is 0.272 e. The Balaban J connectivity index is 2.14. The zero-order chi connectivity index (χ0) is 21.0. The maximum absolute atomic E-state index is 13.3. The van der Waals surface area contributed by atoms with Gasteiger partial charge in [0.25, 0.3) is 5.69 Å². The van der Waals surface area contributed by atoms with Crippen molar-refractivity contribution in [2.75, 3.05) is 6.54 Å². The van der Waals surface area contributed by atoms with E-state index in [1.54, 1.807) is 48.9 Å². The van der Waals surface area contributed by atoms with E-state index in [9.17, 15) is 14.5 Å². The highest BCUT2D eigenvalue weighted by Crippen LogP contribution is 2.22. The first-order chi connectivity index (χ1) is 13.9. The van der Waals surface area contributed by atoms with Gasteiger partial charge >= 0.3 is 0 Å². The molecule has 3 aromatic rings. The average Bonchev–Trinajstić information content (AvgIpc) is 3.09. The molecule has 0 aliphatic rings. The molecule has 8 heteroatoms. The van der Waals surface area contributed by atoms with Crippen LogP contribution in [0.15, 0.2) is 70.6 Å². The van der Waals surface area contributed by atoms with E-state index in [-0.39, 0.29) is 11.5 Å². The molecule has 0 fully saturated rings. The fourth-order valence-electron chi connectivity index (χ4n) is 2.70. The van der Waals surface area contributed by atoms with Crippen LogP contribution < -0.4 is 4.80 Å². The van der Waals surface area contributed by atoms with Crippen LogP contribution in [0.2, 0.25) is 0 Å². The van der Waals surface area contributed by atoms with Crippen molar-refractivity contribution >= 4 is 22.7 Å². The first-order valence-electron chi connectivity index (χ1n) is 8.79. The smallest absolute Gasteiger partial charge is 0.258 e. The highest BCUT2D eigenvalue weighted by molar-refractivity contribution is 7.07. The lowest BCUT2D eigenvalue weighted by Gasteiger charge is -2.07. The maximum Gasteiger partial charge on any atom is 0.272 e. The van der Waals surface area contributed by atoms with Crippen molar-refractivity contribution in [3.05, 3.63) is 92.4 Å². The molecule has 2 aromatic carbocycles. The Morgan fingerprint density at radius 1 is 1.31 bits per heavy atom. The van der Waals surface area contributed by atoms with Crippen LogP contribution in [0.4, 0.5) is 10.1 Å². The summed E-state index contributed by atoms with van der Waals surface area (Å²) in [6.07, 6.45) is 1.68. The van der Waals surface area contributed by atoms with Crippen molar-refractivity contribution in [3.8, 4) is 11.3 Å². The fourth-order valence-corrected chi connectivity index (χ4v) is 3.55. The molecule has 0 radical (unpaired) electrons. The van der Waals surface area contributed by atoms with Gasteiger partial charge in [-0.2, -0.15) is 5.10 Å². The normalized spacial score (nSPS) is 12.2. The van der Waals surface area contributed by atoms with Gasteiger partial charge < -0.3 is 0 Å². The van der Waals surface area contributed by atoms with Gasteiger partial charge in [-0.1, -0.05) is 18.2 Å². The zero-order valence-corrected chi connectivity index (χ0v) is 16.8. The van der Waals surface area contributed by atoms with Crippen LogP contribution in [0.5, 0.6) is 0 Å². The van der Waals surface area contributed by atoms with Crippen LogP contribution in [0.1, 0.15) is 18.1 Å². The number of nitro benzene ring substituents is 1. The topological polar surface area (TPSA) is 72.8 Å².